The molecule has 1 atom stereocenters. The Morgan fingerprint density at radius 2 is 2.16 bits per heavy atom. The number of carbonyl (C=O) groups is 2. The van der Waals surface area contributed by atoms with E-state index in [4.69, 9.17) is 9.15 Å². The smallest absolute Gasteiger partial charge is 0.308 e. The summed E-state index contributed by atoms with van der Waals surface area (Å²) in [6.07, 6.45) is 1.67. The summed E-state index contributed by atoms with van der Waals surface area (Å²) in [5.41, 5.74) is 1.04. The number of nitrogens with zero attached hydrogens (tertiary/aromatic N) is 1. The number of amides is 1. The van der Waals surface area contributed by atoms with Gasteiger partial charge in [0.2, 0.25) is 5.91 Å². The maximum Gasteiger partial charge on any atom is 0.308 e. The van der Waals surface area contributed by atoms with Gasteiger partial charge in [-0.3, -0.25) is 9.59 Å². The van der Waals surface area contributed by atoms with E-state index in [1.54, 1.807) is 41.9 Å². The first kappa shape index (κ1) is 17.9. The number of hydrogen-bond acceptors (Lipinski definition) is 6. The van der Waals surface area contributed by atoms with Gasteiger partial charge in [0, 0.05) is 19.2 Å². The first-order chi connectivity index (χ1) is 12.1. The van der Waals surface area contributed by atoms with Crippen molar-refractivity contribution in [3.05, 3.63) is 54.0 Å². The molecule has 5 nitrogen and oxygen atoms in total. The summed E-state index contributed by atoms with van der Waals surface area (Å²) in [5, 5.41) is 0.0168. The Bertz CT molecular complexity index is 715. The molecule has 2 aromatic rings. The van der Waals surface area contributed by atoms with Gasteiger partial charge < -0.3 is 14.1 Å². The van der Waals surface area contributed by atoms with E-state index in [1.807, 2.05) is 29.2 Å². The fraction of sp³-hybridized carbons (Fsp3) is 0.333. The molecule has 0 N–H and O–H groups in total. The topological polar surface area (TPSA) is 59.8 Å². The van der Waals surface area contributed by atoms with Crippen LogP contribution in [0.15, 0.2) is 47.1 Å². The number of furan rings is 1. The summed E-state index contributed by atoms with van der Waals surface area (Å²) in [6.45, 7) is 2.08. The molecular weight excluding hydrogens is 358 g/mol. The summed E-state index contributed by atoms with van der Waals surface area (Å²) in [6, 6.07) is 11.2. The lowest BCUT2D eigenvalue weighted by Crippen LogP contribution is -2.30. The lowest BCUT2D eigenvalue weighted by Gasteiger charge is -2.24. The lowest BCUT2D eigenvalue weighted by atomic mass is 10.2. The minimum absolute atomic E-state index is 0.0168. The van der Waals surface area contributed by atoms with Gasteiger partial charge in [-0.2, -0.15) is 11.8 Å². The van der Waals surface area contributed by atoms with Crippen molar-refractivity contribution in [1.29, 1.82) is 0 Å². The molecule has 1 aliphatic heterocycles. The van der Waals surface area contributed by atoms with Crippen molar-refractivity contribution in [3.8, 4) is 5.75 Å². The number of carbonyl (C=O) groups excluding carboxylic acids is 2. The molecule has 1 fully saturated rings. The van der Waals surface area contributed by atoms with Gasteiger partial charge in [-0.05, 0) is 29.8 Å². The molecule has 0 bridgehead atoms. The van der Waals surface area contributed by atoms with Gasteiger partial charge in [-0.15, -0.1) is 11.8 Å². The first-order valence-corrected chi connectivity index (χ1v) is 10.1. The van der Waals surface area contributed by atoms with Gasteiger partial charge in [-0.1, -0.05) is 12.1 Å². The van der Waals surface area contributed by atoms with Crippen LogP contribution in [-0.2, 0) is 15.3 Å². The molecule has 1 aliphatic rings. The van der Waals surface area contributed by atoms with Gasteiger partial charge in [0.15, 0.2) is 0 Å². The SMILES string of the molecule is CC(=O)Oc1ccc(C2SCC(=O)N2CCSCc2ccco2)cc1. The molecular formula is C18H19NO4S2. The zero-order valence-corrected chi connectivity index (χ0v) is 15.5. The fourth-order valence-electron chi connectivity index (χ4n) is 2.57. The van der Waals surface area contributed by atoms with Gasteiger partial charge in [-0.25, -0.2) is 0 Å². The van der Waals surface area contributed by atoms with Crippen LogP contribution in [0.2, 0.25) is 0 Å². The van der Waals surface area contributed by atoms with Crippen LogP contribution in [0.5, 0.6) is 5.75 Å². The zero-order valence-electron chi connectivity index (χ0n) is 13.8. The molecule has 2 heterocycles. The van der Waals surface area contributed by atoms with Crippen molar-refractivity contribution in [2.24, 2.45) is 0 Å². The van der Waals surface area contributed by atoms with Crippen LogP contribution in [0.1, 0.15) is 23.6 Å². The number of esters is 1. The highest BCUT2D eigenvalue weighted by Gasteiger charge is 2.32. The molecule has 1 amide bonds. The average Bonchev–Trinajstić information content (AvgIpc) is 3.22. The molecule has 132 valence electrons. The average molecular weight is 377 g/mol. The number of hydrogen-bond donors (Lipinski definition) is 0. The molecule has 1 aromatic carbocycles. The first-order valence-electron chi connectivity index (χ1n) is 7.93. The quantitative estimate of drug-likeness (QED) is 0.416. The summed E-state index contributed by atoms with van der Waals surface area (Å²) in [7, 11) is 0. The standard InChI is InChI=1S/C18H19NO4S2/c1-13(20)23-15-6-4-14(5-7-15)18-19(17(21)12-25-18)8-10-24-11-16-3-2-9-22-16/h2-7,9,18H,8,10-12H2,1H3. The van der Waals surface area contributed by atoms with Crippen molar-refractivity contribution >= 4 is 35.4 Å². The summed E-state index contributed by atoms with van der Waals surface area (Å²) >= 11 is 3.38. The van der Waals surface area contributed by atoms with Gasteiger partial charge in [0.25, 0.3) is 0 Å². The maximum atomic E-state index is 12.2. The van der Waals surface area contributed by atoms with E-state index in [2.05, 4.69) is 0 Å². The van der Waals surface area contributed by atoms with E-state index in [0.717, 1.165) is 22.8 Å². The molecule has 1 aromatic heterocycles. The van der Waals surface area contributed by atoms with Crippen molar-refractivity contribution in [1.82, 2.24) is 4.90 Å². The largest absolute Gasteiger partial charge is 0.468 e. The number of rotatable bonds is 7. The number of thioether (sulfide) groups is 2. The predicted octanol–water partition coefficient (Wildman–Crippen LogP) is 3.71. The second kappa shape index (κ2) is 8.49. The minimum atomic E-state index is -0.339. The highest BCUT2D eigenvalue weighted by Crippen LogP contribution is 2.39. The van der Waals surface area contributed by atoms with E-state index in [-0.39, 0.29) is 17.3 Å². The Kier molecular flexibility index (Phi) is 6.09. The van der Waals surface area contributed by atoms with E-state index >= 15 is 0 Å². The molecule has 0 radical (unpaired) electrons. The van der Waals surface area contributed by atoms with Crippen LogP contribution >= 0.6 is 23.5 Å². The van der Waals surface area contributed by atoms with Gasteiger partial charge in [0.1, 0.15) is 16.9 Å². The lowest BCUT2D eigenvalue weighted by molar-refractivity contribution is -0.132. The van der Waals surface area contributed by atoms with Crippen LogP contribution in [0.3, 0.4) is 0 Å². The summed E-state index contributed by atoms with van der Waals surface area (Å²) in [4.78, 5) is 25.1. The highest BCUT2D eigenvalue weighted by atomic mass is 32.2. The van der Waals surface area contributed by atoms with Crippen molar-refractivity contribution in [3.63, 3.8) is 0 Å². The van der Waals surface area contributed by atoms with Crippen LogP contribution in [-0.4, -0.2) is 34.8 Å². The van der Waals surface area contributed by atoms with E-state index < -0.39 is 0 Å². The predicted molar refractivity (Wildman–Crippen MR) is 99.5 cm³/mol. The van der Waals surface area contributed by atoms with Crippen molar-refractivity contribution < 1.29 is 18.7 Å². The Hall–Kier alpha value is -1.86. The maximum absolute atomic E-state index is 12.2. The molecule has 0 spiro atoms. The van der Waals surface area contributed by atoms with Crippen LogP contribution in [0.25, 0.3) is 0 Å². The Morgan fingerprint density at radius 1 is 1.36 bits per heavy atom. The Balaban J connectivity index is 1.56. The zero-order chi connectivity index (χ0) is 17.6. The molecule has 7 heteroatoms. The van der Waals surface area contributed by atoms with Gasteiger partial charge in [0.05, 0.1) is 17.8 Å². The molecule has 0 aliphatic carbocycles. The Morgan fingerprint density at radius 3 is 2.84 bits per heavy atom. The summed E-state index contributed by atoms with van der Waals surface area (Å²) in [5.74, 6) is 3.46. The van der Waals surface area contributed by atoms with Crippen molar-refractivity contribution in [2.75, 3.05) is 18.1 Å². The monoisotopic (exact) mass is 377 g/mol. The number of benzene rings is 1. The van der Waals surface area contributed by atoms with E-state index in [9.17, 15) is 9.59 Å². The van der Waals surface area contributed by atoms with E-state index in [1.165, 1.54) is 6.92 Å². The van der Waals surface area contributed by atoms with E-state index in [0.29, 0.717) is 18.0 Å². The van der Waals surface area contributed by atoms with Crippen LogP contribution in [0, 0.1) is 0 Å². The second-order valence-corrected chi connectivity index (χ2v) is 7.72. The van der Waals surface area contributed by atoms with Crippen molar-refractivity contribution in [2.45, 2.75) is 18.1 Å². The third-order valence-corrected chi connectivity index (χ3v) is 5.91. The minimum Gasteiger partial charge on any atom is -0.468 e. The fourth-order valence-corrected chi connectivity index (χ4v) is 4.62. The van der Waals surface area contributed by atoms with Gasteiger partial charge >= 0.3 is 5.97 Å². The third-order valence-electron chi connectivity index (χ3n) is 3.70. The second-order valence-electron chi connectivity index (χ2n) is 5.55. The molecule has 3 rings (SSSR count). The third kappa shape index (κ3) is 4.83. The Labute approximate surface area is 155 Å². The van der Waals surface area contributed by atoms with Crippen LogP contribution in [0.4, 0.5) is 0 Å². The molecule has 0 saturated carbocycles. The normalized spacial score (nSPS) is 17.1. The molecule has 1 unspecified atom stereocenters. The molecule has 25 heavy (non-hydrogen) atoms. The molecule has 1 saturated heterocycles. The van der Waals surface area contributed by atoms with Crippen LogP contribution < -0.4 is 4.74 Å². The summed E-state index contributed by atoms with van der Waals surface area (Å²) < 4.78 is 10.4. The number of ether oxygens (including phenoxy) is 1. The highest BCUT2D eigenvalue weighted by molar-refractivity contribution is 8.00.